The Kier molecular flexibility index (Phi) is 14.4. The molecule has 0 saturated heterocycles. The largest absolute Gasteiger partial charge is 0.462 e. The molecule has 0 aliphatic heterocycles. The van der Waals surface area contributed by atoms with Crippen molar-refractivity contribution in [2.75, 3.05) is 6.61 Å². The Morgan fingerprint density at radius 2 is 1.84 bits per heavy atom. The molecule has 3 heterocycles. The number of carbonyl (C=O) groups is 2. The van der Waals surface area contributed by atoms with Crippen LogP contribution in [0, 0.1) is 17.2 Å². The van der Waals surface area contributed by atoms with Crippen molar-refractivity contribution in [1.29, 1.82) is 5.41 Å². The van der Waals surface area contributed by atoms with Gasteiger partial charge in [-0.2, -0.15) is 14.6 Å². The summed E-state index contributed by atoms with van der Waals surface area (Å²) in [5.41, 5.74) is -0.754. The first-order valence-electron chi connectivity index (χ1n) is 17.6. The molecule has 1 aliphatic rings. The zero-order valence-corrected chi connectivity index (χ0v) is 32.4. The summed E-state index contributed by atoms with van der Waals surface area (Å²) in [5, 5.41) is 23.2. The van der Waals surface area contributed by atoms with Crippen molar-refractivity contribution >= 4 is 36.7 Å². The van der Waals surface area contributed by atoms with Gasteiger partial charge in [-0.1, -0.05) is 18.2 Å². The first-order valence-corrected chi connectivity index (χ1v) is 20.0. The van der Waals surface area contributed by atoms with Gasteiger partial charge in [0, 0.05) is 36.0 Å². The molecule has 1 fully saturated rings. The number of thiazole rings is 1. The van der Waals surface area contributed by atoms with Crippen LogP contribution in [0.1, 0.15) is 69.6 Å². The van der Waals surface area contributed by atoms with E-state index in [1.165, 1.54) is 29.4 Å². The van der Waals surface area contributed by atoms with Crippen LogP contribution >= 0.6 is 19.1 Å². The van der Waals surface area contributed by atoms with E-state index in [4.69, 9.17) is 23.9 Å². The monoisotopic (exact) mass is 800 g/mol. The van der Waals surface area contributed by atoms with Gasteiger partial charge in [-0.15, -0.1) is 11.3 Å². The minimum atomic E-state index is -4.16. The van der Waals surface area contributed by atoms with Crippen LogP contribution in [0.25, 0.3) is 10.6 Å². The number of hydrogen-bond donors (Lipinski definition) is 4. The lowest BCUT2D eigenvalue weighted by molar-refractivity contribution is -0.149. The average molecular weight is 801 g/mol. The normalized spacial score (nSPS) is 17.6. The Bertz CT molecular complexity index is 2020. The van der Waals surface area contributed by atoms with Crippen LogP contribution in [0.15, 0.2) is 72.1 Å². The van der Waals surface area contributed by atoms with Crippen molar-refractivity contribution in [3.05, 3.63) is 95.3 Å². The van der Waals surface area contributed by atoms with E-state index in [1.54, 1.807) is 50.4 Å². The molecule has 1 aliphatic carbocycles. The van der Waals surface area contributed by atoms with E-state index in [0.717, 1.165) is 49.2 Å². The summed E-state index contributed by atoms with van der Waals surface area (Å²) < 4.78 is 66.1. The summed E-state index contributed by atoms with van der Waals surface area (Å²) in [5.74, 6) is -3.02. The van der Waals surface area contributed by atoms with Crippen LogP contribution < -0.4 is 20.2 Å². The van der Waals surface area contributed by atoms with Crippen molar-refractivity contribution in [3.8, 4) is 16.3 Å². The second kappa shape index (κ2) is 19.1. The molecule has 15 nitrogen and oxygen atoms in total. The molecule has 2 atom stereocenters. The summed E-state index contributed by atoms with van der Waals surface area (Å²) >= 11 is 1.13. The van der Waals surface area contributed by atoms with E-state index in [1.807, 2.05) is 6.92 Å². The van der Waals surface area contributed by atoms with Crippen LogP contribution in [-0.2, 0) is 30.1 Å². The maximum Gasteiger partial charge on any atom is 0.461 e. The number of benzene rings is 1. The molecule has 3 aromatic heterocycles. The Morgan fingerprint density at radius 1 is 1.09 bits per heavy atom. The number of amides is 1. The van der Waals surface area contributed by atoms with Gasteiger partial charge in [-0.3, -0.25) is 19.5 Å². The van der Waals surface area contributed by atoms with Gasteiger partial charge in [0.15, 0.2) is 12.5 Å². The highest BCUT2D eigenvalue weighted by Gasteiger charge is 2.33. The van der Waals surface area contributed by atoms with E-state index in [-0.39, 0.29) is 42.1 Å². The fourth-order valence-electron chi connectivity index (χ4n) is 5.44. The average Bonchev–Trinajstić information content (AvgIpc) is 3.85. The van der Waals surface area contributed by atoms with E-state index >= 15 is 0 Å². The highest BCUT2D eigenvalue weighted by atomic mass is 32.1. The standard InChI is InChI=1S/C36H43F2N8O7PS/c1-5-50-26-13-11-25(12-14-26)40-18-29(32(39)33-28(37)15-16-31(38)44-33)42-34(47)30-20-55-35(43-30)24-17-41-46(19-24)21-51-54(49,53-27-9-7-6-8-10-27)45-23(4)36(48)52-22(2)3/h6-10,15-20,22-23,25-26,39-40H,5,11-14,21H2,1-4H3,(H,42,47)(H,45,49)/b29-18+,39-32?/t23-,25-,26-,54?/m1/s1. The van der Waals surface area contributed by atoms with Crippen molar-refractivity contribution in [2.24, 2.45) is 0 Å². The van der Waals surface area contributed by atoms with Crippen LogP contribution in [0.5, 0.6) is 5.75 Å². The van der Waals surface area contributed by atoms with E-state index < -0.39 is 48.8 Å². The molecule has 5 rings (SSSR count). The number of aromatic nitrogens is 4. The lowest BCUT2D eigenvalue weighted by Gasteiger charge is -2.28. The number of allylic oxidation sites excluding steroid dienone is 1. The van der Waals surface area contributed by atoms with Gasteiger partial charge in [0.05, 0.1) is 24.1 Å². The third-order valence-corrected chi connectivity index (χ3v) is 10.6. The number of nitrogens with one attached hydrogen (secondary N) is 4. The van der Waals surface area contributed by atoms with E-state index in [2.05, 4.69) is 30.8 Å². The third-order valence-electron chi connectivity index (χ3n) is 8.11. The number of esters is 1. The first-order chi connectivity index (χ1) is 26.3. The molecule has 4 aromatic rings. The van der Waals surface area contributed by atoms with Gasteiger partial charge in [-0.25, -0.2) is 23.6 Å². The number of rotatable bonds is 18. The summed E-state index contributed by atoms with van der Waals surface area (Å²) in [4.78, 5) is 33.9. The quantitative estimate of drug-likeness (QED) is 0.0378. The highest BCUT2D eigenvalue weighted by molar-refractivity contribution is 7.52. The molecular formula is C36H43F2N8O7PS. The topological polar surface area (TPSA) is 192 Å². The Hall–Kier alpha value is -4.87. The van der Waals surface area contributed by atoms with Gasteiger partial charge in [0.1, 0.15) is 33.9 Å². The SMILES string of the molecule is CCO[C@H]1CC[C@H](N/C=C(/NC(=O)c2csc(-c3cnn(COP(=O)(N[C@H](C)C(=O)OC(C)C)Oc4ccccc4)c3)n2)C(=N)c2nc(F)ccc2F)CC1. The van der Waals surface area contributed by atoms with Crippen molar-refractivity contribution < 1.29 is 41.5 Å². The third kappa shape index (κ3) is 11.8. The summed E-state index contributed by atoms with van der Waals surface area (Å²) in [6, 6.07) is 8.98. The molecule has 1 saturated carbocycles. The highest BCUT2D eigenvalue weighted by Crippen LogP contribution is 2.45. The summed E-state index contributed by atoms with van der Waals surface area (Å²) in [6.07, 6.45) is 7.39. The van der Waals surface area contributed by atoms with Crippen LogP contribution in [-0.4, -0.2) is 68.2 Å². The van der Waals surface area contributed by atoms with Crippen LogP contribution in [0.3, 0.4) is 0 Å². The molecule has 55 heavy (non-hydrogen) atoms. The predicted octanol–water partition coefficient (Wildman–Crippen LogP) is 6.35. The van der Waals surface area contributed by atoms with E-state index in [9.17, 15) is 22.9 Å². The zero-order chi connectivity index (χ0) is 39.5. The molecule has 19 heteroatoms. The van der Waals surface area contributed by atoms with Gasteiger partial charge in [0.25, 0.3) is 5.91 Å². The lowest BCUT2D eigenvalue weighted by Crippen LogP contribution is -2.36. The van der Waals surface area contributed by atoms with Crippen LogP contribution in [0.2, 0.25) is 0 Å². The van der Waals surface area contributed by atoms with Crippen molar-refractivity contribution in [1.82, 2.24) is 35.5 Å². The fourth-order valence-corrected chi connectivity index (χ4v) is 7.64. The molecule has 4 N–H and O–H groups in total. The maximum atomic E-state index is 14.7. The van der Waals surface area contributed by atoms with Gasteiger partial charge >= 0.3 is 13.7 Å². The summed E-state index contributed by atoms with van der Waals surface area (Å²) in [7, 11) is -4.16. The lowest BCUT2D eigenvalue weighted by atomic mass is 9.93. The second-order valence-corrected chi connectivity index (χ2v) is 15.3. The Balaban J connectivity index is 1.27. The number of nitrogens with zero attached hydrogens (tertiary/aromatic N) is 4. The number of carbonyl (C=O) groups excluding carboxylic acids is 2. The van der Waals surface area contributed by atoms with Crippen molar-refractivity contribution in [3.63, 3.8) is 0 Å². The molecular weight excluding hydrogens is 757 g/mol. The molecule has 294 valence electrons. The number of pyridine rings is 1. The molecule has 0 bridgehead atoms. The zero-order valence-electron chi connectivity index (χ0n) is 30.7. The molecule has 0 spiro atoms. The minimum absolute atomic E-state index is 0.00693. The number of para-hydroxylation sites is 1. The number of ether oxygens (including phenoxy) is 2. The minimum Gasteiger partial charge on any atom is -0.462 e. The Morgan fingerprint density at radius 3 is 2.55 bits per heavy atom. The second-order valence-electron chi connectivity index (χ2n) is 12.7. The molecule has 1 unspecified atom stereocenters. The number of halogens is 2. The maximum absolute atomic E-state index is 14.7. The van der Waals surface area contributed by atoms with E-state index in [0.29, 0.717) is 17.2 Å². The van der Waals surface area contributed by atoms with Gasteiger partial charge < -0.3 is 24.6 Å². The molecule has 1 amide bonds. The summed E-state index contributed by atoms with van der Waals surface area (Å²) in [6.45, 7) is 7.07. The van der Waals surface area contributed by atoms with Gasteiger partial charge in [0.2, 0.25) is 5.95 Å². The first kappa shape index (κ1) is 41.3. The Labute approximate surface area is 320 Å². The number of hydrogen-bond acceptors (Lipinski definition) is 13. The smallest absolute Gasteiger partial charge is 0.461 e. The molecule has 1 aromatic carbocycles. The van der Waals surface area contributed by atoms with Gasteiger partial charge in [-0.05, 0) is 77.6 Å². The van der Waals surface area contributed by atoms with Crippen molar-refractivity contribution in [2.45, 2.75) is 84.4 Å². The fraction of sp³-hybridized carbons (Fsp3) is 0.389. The van der Waals surface area contributed by atoms with Crippen LogP contribution in [0.4, 0.5) is 8.78 Å². The molecule has 0 radical (unpaired) electrons. The predicted molar refractivity (Wildman–Crippen MR) is 200 cm³/mol.